The molecule has 1 unspecified atom stereocenters. The summed E-state index contributed by atoms with van der Waals surface area (Å²) < 4.78 is 48.4. The molecule has 0 aromatic carbocycles. The summed E-state index contributed by atoms with van der Waals surface area (Å²) in [5.74, 6) is 0.382. The van der Waals surface area contributed by atoms with Gasteiger partial charge in [0.25, 0.3) is 0 Å². The van der Waals surface area contributed by atoms with Gasteiger partial charge in [0.2, 0.25) is 0 Å². The van der Waals surface area contributed by atoms with Crippen LogP contribution < -0.4 is 0 Å². The second-order valence-corrected chi connectivity index (χ2v) is 8.38. The van der Waals surface area contributed by atoms with Gasteiger partial charge in [-0.25, -0.2) is 0 Å². The van der Waals surface area contributed by atoms with Crippen LogP contribution in [0.3, 0.4) is 0 Å². The average molecular weight is 559 g/mol. The van der Waals surface area contributed by atoms with Gasteiger partial charge in [0, 0.05) is 5.88 Å². The molecule has 0 aromatic heterocycles. The van der Waals surface area contributed by atoms with Crippen molar-refractivity contribution in [2.45, 2.75) is 39.5 Å². The van der Waals surface area contributed by atoms with Crippen LogP contribution in [0.25, 0.3) is 0 Å². The number of halogens is 1. The Morgan fingerprint density at radius 2 is 0.865 bits per heavy atom. The van der Waals surface area contributed by atoms with Gasteiger partial charge in [-0.1, -0.05) is 26.7 Å². The predicted molar refractivity (Wildman–Crippen MR) is 142 cm³/mol. The lowest BCUT2D eigenvalue weighted by Crippen LogP contribution is -2.20. The zero-order chi connectivity index (χ0) is 27.1. The minimum absolute atomic E-state index is 0.00193. The van der Waals surface area contributed by atoms with Crippen LogP contribution in [-0.4, -0.2) is 124 Å². The van der Waals surface area contributed by atoms with Gasteiger partial charge >= 0.3 is 5.97 Å². The summed E-state index contributed by atoms with van der Waals surface area (Å²) in [5.41, 5.74) is 0. The summed E-state index contributed by atoms with van der Waals surface area (Å²) in [6.45, 7) is 12.5. The van der Waals surface area contributed by atoms with Gasteiger partial charge in [0.1, 0.15) is 6.61 Å². The van der Waals surface area contributed by atoms with Gasteiger partial charge in [-0.15, -0.1) is 11.6 Å². The number of rotatable bonds is 31. The van der Waals surface area contributed by atoms with Crippen molar-refractivity contribution in [1.82, 2.24) is 0 Å². The van der Waals surface area contributed by atoms with Crippen LogP contribution in [0.2, 0.25) is 0 Å². The highest BCUT2D eigenvalue weighted by molar-refractivity contribution is 6.17. The quantitative estimate of drug-likeness (QED) is 0.0716. The number of ether oxygens (including phenoxy) is 9. The average Bonchev–Trinajstić information content (AvgIpc) is 2.91. The van der Waals surface area contributed by atoms with E-state index < -0.39 is 0 Å². The molecule has 11 heteroatoms. The van der Waals surface area contributed by atoms with Gasteiger partial charge < -0.3 is 42.6 Å². The Hall–Kier alpha value is -0.560. The third-order valence-electron chi connectivity index (χ3n) is 5.03. The summed E-state index contributed by atoms with van der Waals surface area (Å²) in [5, 5.41) is 0. The Labute approximate surface area is 228 Å². The molecule has 0 radical (unpaired) electrons. The van der Waals surface area contributed by atoms with Crippen LogP contribution in [0.15, 0.2) is 0 Å². The SMILES string of the molecule is CCCCC(CC)C(=O)OCCOCCOCCOCCOCCOCCOCCOCCOCCCl. The number of esters is 1. The fourth-order valence-electron chi connectivity index (χ4n) is 2.95. The van der Waals surface area contributed by atoms with Crippen molar-refractivity contribution < 1.29 is 47.4 Å². The van der Waals surface area contributed by atoms with Crippen molar-refractivity contribution >= 4 is 17.6 Å². The largest absolute Gasteiger partial charge is 0.463 e. The van der Waals surface area contributed by atoms with E-state index in [1.54, 1.807) is 0 Å². The van der Waals surface area contributed by atoms with Crippen molar-refractivity contribution in [3.05, 3.63) is 0 Å². The number of carbonyl (C=O) groups excluding carboxylic acids is 1. The minimum atomic E-state index is -0.117. The lowest BCUT2D eigenvalue weighted by Gasteiger charge is -2.13. The molecule has 0 saturated heterocycles. The molecule has 0 bridgehead atoms. The molecular weight excluding hydrogens is 508 g/mol. The molecule has 0 aliphatic carbocycles. The molecule has 0 aromatic rings. The standard InChI is InChI=1S/C26H51ClO10/c1-3-5-6-25(4-2)26(28)37-24-23-36-22-21-35-20-19-34-18-17-33-16-15-32-14-13-31-12-11-30-10-9-29-8-7-27/h25H,3-24H2,1-2H3. The highest BCUT2D eigenvalue weighted by Crippen LogP contribution is 2.14. The second-order valence-electron chi connectivity index (χ2n) is 8.00. The maximum absolute atomic E-state index is 12.0. The normalized spacial score (nSPS) is 12.2. The van der Waals surface area contributed by atoms with Gasteiger partial charge in [-0.3, -0.25) is 4.79 Å². The number of carbonyl (C=O) groups is 1. The van der Waals surface area contributed by atoms with Crippen molar-refractivity contribution in [1.29, 1.82) is 0 Å². The lowest BCUT2D eigenvalue weighted by atomic mass is 10.00. The van der Waals surface area contributed by atoms with Crippen LogP contribution >= 0.6 is 11.6 Å². The Kier molecular flexibility index (Phi) is 31.2. The highest BCUT2D eigenvalue weighted by atomic mass is 35.5. The van der Waals surface area contributed by atoms with Gasteiger partial charge in [-0.05, 0) is 12.8 Å². The summed E-state index contributed by atoms with van der Waals surface area (Å²) in [4.78, 5) is 12.0. The summed E-state index contributed by atoms with van der Waals surface area (Å²) >= 11 is 5.50. The van der Waals surface area contributed by atoms with E-state index in [0.717, 1.165) is 25.7 Å². The Balaban J connectivity index is 3.16. The zero-order valence-electron chi connectivity index (χ0n) is 23.1. The molecule has 0 heterocycles. The third-order valence-corrected chi connectivity index (χ3v) is 5.18. The molecule has 0 N–H and O–H groups in total. The van der Waals surface area contributed by atoms with Crippen LogP contribution in [0.4, 0.5) is 0 Å². The Morgan fingerprint density at radius 1 is 0.541 bits per heavy atom. The van der Waals surface area contributed by atoms with E-state index in [2.05, 4.69) is 6.92 Å². The number of hydrogen-bond acceptors (Lipinski definition) is 10. The molecule has 0 fully saturated rings. The van der Waals surface area contributed by atoms with Crippen molar-refractivity contribution in [3.8, 4) is 0 Å². The molecule has 0 aliphatic heterocycles. The minimum Gasteiger partial charge on any atom is -0.463 e. The highest BCUT2D eigenvalue weighted by Gasteiger charge is 2.16. The van der Waals surface area contributed by atoms with Crippen LogP contribution in [0, 0.1) is 5.92 Å². The first-order valence-corrected chi connectivity index (χ1v) is 14.1. The zero-order valence-corrected chi connectivity index (χ0v) is 23.9. The summed E-state index contributed by atoms with van der Waals surface area (Å²) in [6.07, 6.45) is 3.85. The molecule has 0 rings (SSSR count). The fourth-order valence-corrected chi connectivity index (χ4v) is 3.06. The maximum Gasteiger partial charge on any atom is 0.308 e. The van der Waals surface area contributed by atoms with E-state index in [1.807, 2.05) is 6.92 Å². The molecule has 222 valence electrons. The first-order valence-electron chi connectivity index (χ1n) is 13.6. The van der Waals surface area contributed by atoms with Crippen molar-refractivity contribution in [2.24, 2.45) is 5.92 Å². The smallest absolute Gasteiger partial charge is 0.308 e. The van der Waals surface area contributed by atoms with E-state index in [1.165, 1.54) is 0 Å². The van der Waals surface area contributed by atoms with Crippen molar-refractivity contribution in [3.63, 3.8) is 0 Å². The molecular formula is C26H51ClO10. The second kappa shape index (κ2) is 31.7. The number of alkyl halides is 1. The summed E-state index contributed by atoms with van der Waals surface area (Å²) in [7, 11) is 0. The molecule has 10 nitrogen and oxygen atoms in total. The third kappa shape index (κ3) is 28.3. The maximum atomic E-state index is 12.0. The van der Waals surface area contributed by atoms with Gasteiger partial charge in [0.05, 0.1) is 112 Å². The lowest BCUT2D eigenvalue weighted by molar-refractivity contribution is -0.150. The van der Waals surface area contributed by atoms with E-state index in [9.17, 15) is 4.79 Å². The Morgan fingerprint density at radius 3 is 1.16 bits per heavy atom. The van der Waals surface area contributed by atoms with Crippen LogP contribution in [0.1, 0.15) is 39.5 Å². The van der Waals surface area contributed by atoms with Gasteiger partial charge in [-0.2, -0.15) is 0 Å². The molecule has 1 atom stereocenters. The molecule has 0 amide bonds. The fraction of sp³-hybridized carbons (Fsp3) is 0.962. The Bertz CT molecular complexity index is 459. The first-order chi connectivity index (χ1) is 18.3. The monoisotopic (exact) mass is 558 g/mol. The van der Waals surface area contributed by atoms with Crippen LogP contribution in [0.5, 0.6) is 0 Å². The first kappa shape index (κ1) is 36.4. The molecule has 0 aliphatic rings. The molecule has 37 heavy (non-hydrogen) atoms. The topological polar surface area (TPSA) is 100 Å². The van der Waals surface area contributed by atoms with Gasteiger partial charge in [0.15, 0.2) is 0 Å². The van der Waals surface area contributed by atoms with Crippen molar-refractivity contribution in [2.75, 3.05) is 118 Å². The number of hydrogen-bond donors (Lipinski definition) is 0. The van der Waals surface area contributed by atoms with E-state index in [0.29, 0.717) is 112 Å². The van der Waals surface area contributed by atoms with E-state index in [-0.39, 0.29) is 18.5 Å². The summed E-state index contributed by atoms with van der Waals surface area (Å²) in [6, 6.07) is 0. The number of unbranched alkanes of at least 4 members (excludes halogenated alkanes) is 1. The van der Waals surface area contributed by atoms with E-state index >= 15 is 0 Å². The predicted octanol–water partition coefficient (Wildman–Crippen LogP) is 3.12. The van der Waals surface area contributed by atoms with Crippen LogP contribution in [-0.2, 0) is 47.4 Å². The van der Waals surface area contributed by atoms with E-state index in [4.69, 9.17) is 54.2 Å². The molecule has 0 saturated carbocycles. The molecule has 0 spiro atoms.